The minimum absolute atomic E-state index is 0. The maximum absolute atomic E-state index is 12.5. The molecule has 1 rings (SSSR count). The second kappa shape index (κ2) is 18.9. The lowest BCUT2D eigenvalue weighted by atomic mass is 10.00. The molecule has 0 amide bonds. The van der Waals surface area contributed by atoms with Crippen molar-refractivity contribution in [2.45, 2.75) is 84.9 Å². The van der Waals surface area contributed by atoms with Crippen molar-refractivity contribution < 1.29 is 52.7 Å². The van der Waals surface area contributed by atoms with Crippen LogP contribution in [-0.2, 0) is 30.2 Å². The van der Waals surface area contributed by atoms with E-state index in [9.17, 15) is 24.3 Å². The molecule has 1 aromatic rings. The van der Waals surface area contributed by atoms with Crippen LogP contribution in [0.2, 0.25) is 0 Å². The van der Waals surface area contributed by atoms with Crippen LogP contribution in [0.3, 0.4) is 0 Å². The van der Waals surface area contributed by atoms with Crippen LogP contribution in [0.25, 0.3) is 0 Å². The summed E-state index contributed by atoms with van der Waals surface area (Å²) in [7, 11) is 0. The topological polar surface area (TPSA) is 156 Å². The number of benzene rings is 1. The molecule has 222 valence electrons. The molecule has 1 aromatic carbocycles. The fraction of sp³-hybridized carbons (Fsp3) is 0.615. The second-order valence-electron chi connectivity index (χ2n) is 8.37. The first-order chi connectivity index (χ1) is 18.1. The Bertz CT molecular complexity index is 927. The molecule has 0 aliphatic carbocycles. The minimum atomic E-state index is -2.21. The molecule has 39 heavy (non-hydrogen) atoms. The molecule has 1 unspecified atom stereocenters. The van der Waals surface area contributed by atoms with Crippen LogP contribution in [0, 0.1) is 0 Å². The number of halogens is 1. The Hall–Kier alpha value is -3.25. The largest absolute Gasteiger partial charge is 0.513 e. The summed E-state index contributed by atoms with van der Waals surface area (Å²) in [4.78, 5) is 48.7. The van der Waals surface area contributed by atoms with E-state index in [4.69, 9.17) is 28.4 Å². The zero-order valence-electron chi connectivity index (χ0n) is 23.1. The highest BCUT2D eigenvalue weighted by Gasteiger charge is 2.44. The number of rotatable bonds is 16. The number of aliphatic carboxylic acids is 1. The maximum Gasteiger partial charge on any atom is 0.513 e. The molecule has 13 heteroatoms. The van der Waals surface area contributed by atoms with Crippen LogP contribution in [-0.4, -0.2) is 61.1 Å². The zero-order valence-corrected chi connectivity index (χ0v) is 23.9. The SMILES string of the molecule is CCCCCCOC(=O)O[C@](Cc1ccc(OC(=O)OCC)c(OC(=O)OCC)c1)(NC(C)CC)C(=O)O.Cl. The number of carboxylic acid groups (broad SMARTS) is 1. The van der Waals surface area contributed by atoms with Crippen molar-refractivity contribution >= 4 is 36.8 Å². The number of carbonyl (C=O) groups excluding carboxylic acids is 3. The fourth-order valence-electron chi connectivity index (χ4n) is 3.24. The van der Waals surface area contributed by atoms with E-state index >= 15 is 0 Å². The van der Waals surface area contributed by atoms with Gasteiger partial charge in [-0.25, -0.2) is 19.2 Å². The van der Waals surface area contributed by atoms with E-state index < -0.39 is 30.2 Å². The molecule has 0 radical (unpaired) electrons. The minimum Gasteiger partial charge on any atom is -0.477 e. The Morgan fingerprint density at radius 3 is 2.03 bits per heavy atom. The van der Waals surface area contributed by atoms with Crippen LogP contribution in [0.4, 0.5) is 14.4 Å². The monoisotopic (exact) mass is 577 g/mol. The number of hydrogen-bond acceptors (Lipinski definition) is 11. The van der Waals surface area contributed by atoms with Crippen LogP contribution in [0.15, 0.2) is 18.2 Å². The van der Waals surface area contributed by atoms with E-state index in [0.29, 0.717) is 12.8 Å². The smallest absolute Gasteiger partial charge is 0.477 e. The average molecular weight is 578 g/mol. The molecule has 0 saturated heterocycles. The molecule has 2 atom stereocenters. The van der Waals surface area contributed by atoms with E-state index in [1.165, 1.54) is 18.2 Å². The molecule has 0 aliphatic heterocycles. The summed E-state index contributed by atoms with van der Waals surface area (Å²) < 4.78 is 30.3. The molecule has 0 spiro atoms. The molecule has 0 aliphatic rings. The summed E-state index contributed by atoms with van der Waals surface area (Å²) in [6.45, 7) is 8.97. The Balaban J connectivity index is 0.0000144. The molecular formula is C26H40ClNO11. The lowest BCUT2D eigenvalue weighted by Gasteiger charge is -2.32. The quantitative estimate of drug-likeness (QED) is 0.0822. The van der Waals surface area contributed by atoms with Gasteiger partial charge in [0.05, 0.1) is 19.8 Å². The second-order valence-corrected chi connectivity index (χ2v) is 8.37. The highest BCUT2D eigenvalue weighted by Crippen LogP contribution is 2.31. The Labute approximate surface area is 235 Å². The summed E-state index contributed by atoms with van der Waals surface area (Å²) in [6, 6.07) is 3.65. The number of carbonyl (C=O) groups is 4. The highest BCUT2D eigenvalue weighted by atomic mass is 35.5. The van der Waals surface area contributed by atoms with Crippen LogP contribution in [0.5, 0.6) is 11.5 Å². The highest BCUT2D eigenvalue weighted by molar-refractivity contribution is 5.85. The summed E-state index contributed by atoms with van der Waals surface area (Å²) in [5.74, 6) is -1.85. The molecule has 0 bridgehead atoms. The van der Waals surface area contributed by atoms with E-state index in [1.54, 1.807) is 20.8 Å². The first-order valence-corrected chi connectivity index (χ1v) is 12.8. The number of nitrogens with one attached hydrogen (secondary N) is 1. The van der Waals surface area contributed by atoms with Gasteiger partial charge in [0.25, 0.3) is 5.72 Å². The number of carboxylic acids is 1. The molecule has 2 N–H and O–H groups in total. The van der Waals surface area contributed by atoms with Crippen molar-refractivity contribution in [3.63, 3.8) is 0 Å². The Morgan fingerprint density at radius 2 is 1.49 bits per heavy atom. The number of ether oxygens (including phenoxy) is 6. The summed E-state index contributed by atoms with van der Waals surface area (Å²) in [6.07, 6.45) is 0.409. The van der Waals surface area contributed by atoms with Gasteiger partial charge in [-0.05, 0) is 51.3 Å². The third-order valence-corrected chi connectivity index (χ3v) is 5.28. The Kier molecular flexibility index (Phi) is 17.3. The predicted octanol–water partition coefficient (Wildman–Crippen LogP) is 5.62. The van der Waals surface area contributed by atoms with Gasteiger partial charge >= 0.3 is 24.4 Å². The van der Waals surface area contributed by atoms with Gasteiger partial charge in [0.15, 0.2) is 11.5 Å². The van der Waals surface area contributed by atoms with Crippen molar-refractivity contribution in [3.05, 3.63) is 23.8 Å². The van der Waals surface area contributed by atoms with Gasteiger partial charge < -0.3 is 33.5 Å². The van der Waals surface area contributed by atoms with E-state index in [-0.39, 0.29) is 61.8 Å². The predicted molar refractivity (Wildman–Crippen MR) is 143 cm³/mol. The lowest BCUT2D eigenvalue weighted by Crippen LogP contribution is -2.59. The van der Waals surface area contributed by atoms with Crippen LogP contribution >= 0.6 is 12.4 Å². The molecule has 0 saturated carbocycles. The summed E-state index contributed by atoms with van der Waals surface area (Å²) in [5, 5.41) is 13.0. The Morgan fingerprint density at radius 1 is 0.872 bits per heavy atom. The summed E-state index contributed by atoms with van der Waals surface area (Å²) >= 11 is 0. The zero-order chi connectivity index (χ0) is 28.6. The average Bonchev–Trinajstić information content (AvgIpc) is 2.85. The third kappa shape index (κ3) is 12.9. The van der Waals surface area contributed by atoms with Gasteiger partial charge in [0, 0.05) is 12.5 Å². The van der Waals surface area contributed by atoms with E-state index in [1.807, 2.05) is 6.92 Å². The van der Waals surface area contributed by atoms with Gasteiger partial charge in [0.2, 0.25) is 0 Å². The molecule has 0 heterocycles. The van der Waals surface area contributed by atoms with Gasteiger partial charge in [-0.15, -0.1) is 12.4 Å². The van der Waals surface area contributed by atoms with Crippen LogP contribution in [0.1, 0.15) is 72.3 Å². The number of hydrogen-bond donors (Lipinski definition) is 2. The van der Waals surface area contributed by atoms with Crippen molar-refractivity contribution in [1.29, 1.82) is 0 Å². The van der Waals surface area contributed by atoms with Crippen molar-refractivity contribution in [1.82, 2.24) is 5.32 Å². The number of unbranched alkanes of at least 4 members (excludes halogenated alkanes) is 3. The van der Waals surface area contributed by atoms with Crippen molar-refractivity contribution in [2.24, 2.45) is 0 Å². The molecule has 0 fully saturated rings. The van der Waals surface area contributed by atoms with Crippen LogP contribution < -0.4 is 14.8 Å². The third-order valence-electron chi connectivity index (χ3n) is 5.28. The first kappa shape index (κ1) is 35.8. The molecule has 0 aromatic heterocycles. The molecular weight excluding hydrogens is 538 g/mol. The van der Waals surface area contributed by atoms with Crippen molar-refractivity contribution in [2.75, 3.05) is 19.8 Å². The summed E-state index contributed by atoms with van der Waals surface area (Å²) in [5.41, 5.74) is -1.94. The van der Waals surface area contributed by atoms with Gasteiger partial charge in [-0.1, -0.05) is 39.2 Å². The standard InChI is InChI=1S/C26H39NO11.ClH/c1-6-10-11-12-15-35-25(32)38-26(22(28)29,27-18(5)7-2)17-19-13-14-20(36-23(30)33-8-3)21(16-19)37-24(31)34-9-4;/h13-14,16,18,27H,6-12,15,17H2,1-5H3,(H,28,29);1H/t18?,26-;/m0./s1. The van der Waals surface area contributed by atoms with Gasteiger partial charge in [-0.3, -0.25) is 5.32 Å². The van der Waals surface area contributed by atoms with Gasteiger partial charge in [-0.2, -0.15) is 0 Å². The normalized spacial score (nSPS) is 12.6. The fourth-order valence-corrected chi connectivity index (χ4v) is 3.24. The maximum atomic E-state index is 12.5. The van der Waals surface area contributed by atoms with Crippen molar-refractivity contribution in [3.8, 4) is 11.5 Å². The molecule has 12 nitrogen and oxygen atoms in total. The van der Waals surface area contributed by atoms with E-state index in [2.05, 4.69) is 12.2 Å². The first-order valence-electron chi connectivity index (χ1n) is 12.8. The lowest BCUT2D eigenvalue weighted by molar-refractivity contribution is -0.167. The van der Waals surface area contributed by atoms with Gasteiger partial charge in [0.1, 0.15) is 0 Å². The van der Waals surface area contributed by atoms with E-state index in [0.717, 1.165) is 19.3 Å².